The molecule has 0 aliphatic carbocycles. The van der Waals surface area contributed by atoms with Gasteiger partial charge in [-0.25, -0.2) is 5.11 Å². The van der Waals surface area contributed by atoms with E-state index in [9.17, 15) is 23.1 Å². The molecule has 1 N–H and O–H groups in total. The molecule has 1 aliphatic heterocycles. The molecule has 1 aromatic rings. The number of rotatable bonds is 5. The third-order valence-electron chi connectivity index (χ3n) is 3.99. The van der Waals surface area contributed by atoms with Crippen LogP contribution in [0.4, 0.5) is 13.2 Å². The van der Waals surface area contributed by atoms with Crippen molar-refractivity contribution in [1.82, 2.24) is 10.2 Å². The maximum absolute atomic E-state index is 12.7. The molecule has 127 valence electrons. The molecule has 1 aliphatic rings. The molecule has 1 amide bonds. The Balaban J connectivity index is 1.88. The minimum absolute atomic E-state index is 0.0219. The summed E-state index contributed by atoms with van der Waals surface area (Å²) in [7, 11) is 0. The molecule has 1 fully saturated rings. The first-order chi connectivity index (χ1) is 10.9. The Kier molecular flexibility index (Phi) is 6.01. The highest BCUT2D eigenvalue weighted by molar-refractivity contribution is 5.94. The molecule has 0 aromatic heterocycles. The zero-order chi connectivity index (χ0) is 16.9. The number of alkyl halides is 3. The van der Waals surface area contributed by atoms with Crippen LogP contribution < -0.4 is 5.32 Å². The van der Waals surface area contributed by atoms with Gasteiger partial charge in [-0.3, -0.25) is 4.79 Å². The van der Waals surface area contributed by atoms with Crippen LogP contribution in [0.15, 0.2) is 24.3 Å². The fourth-order valence-electron chi connectivity index (χ4n) is 2.69. The summed E-state index contributed by atoms with van der Waals surface area (Å²) in [5, 5.41) is 13.3. The standard InChI is InChI=1S/C16H20F3N2O2/c17-16(18,19)13-4-1-3-12(11-13)15(23)20-14-5-8-21(9-6-14)7-2-10-22/h1,3-4,11,14H,2,5-10H2,(H,20,23). The Hall–Kier alpha value is -1.60. The van der Waals surface area contributed by atoms with E-state index in [1.54, 1.807) is 0 Å². The number of benzene rings is 1. The predicted octanol–water partition coefficient (Wildman–Crippen LogP) is 2.72. The first-order valence-corrected chi connectivity index (χ1v) is 7.68. The highest BCUT2D eigenvalue weighted by Crippen LogP contribution is 2.29. The van der Waals surface area contributed by atoms with Crippen molar-refractivity contribution in [2.45, 2.75) is 31.5 Å². The Morgan fingerprint density at radius 2 is 1.96 bits per heavy atom. The minimum atomic E-state index is -4.46. The highest BCUT2D eigenvalue weighted by Gasteiger charge is 2.31. The number of halogens is 3. The van der Waals surface area contributed by atoms with Gasteiger partial charge in [0.05, 0.1) is 12.2 Å². The largest absolute Gasteiger partial charge is 0.416 e. The molecule has 2 rings (SSSR count). The van der Waals surface area contributed by atoms with Gasteiger partial charge in [0.25, 0.3) is 5.91 Å². The topological polar surface area (TPSA) is 52.2 Å². The summed E-state index contributed by atoms with van der Waals surface area (Å²) in [4.78, 5) is 14.3. The first-order valence-electron chi connectivity index (χ1n) is 7.68. The van der Waals surface area contributed by atoms with Gasteiger partial charge >= 0.3 is 6.18 Å². The van der Waals surface area contributed by atoms with Crippen LogP contribution in [-0.4, -0.2) is 43.1 Å². The molecule has 0 saturated carbocycles. The molecule has 0 bridgehead atoms. The molecule has 23 heavy (non-hydrogen) atoms. The number of nitrogens with zero attached hydrogens (tertiary/aromatic N) is 1. The van der Waals surface area contributed by atoms with Gasteiger partial charge in [0, 0.05) is 31.2 Å². The van der Waals surface area contributed by atoms with Gasteiger partial charge in [0.1, 0.15) is 0 Å². The van der Waals surface area contributed by atoms with Gasteiger partial charge in [-0.2, -0.15) is 13.2 Å². The van der Waals surface area contributed by atoms with Gasteiger partial charge in [0.15, 0.2) is 0 Å². The number of piperidine rings is 1. The van der Waals surface area contributed by atoms with Crippen LogP contribution in [0.25, 0.3) is 0 Å². The lowest BCUT2D eigenvalue weighted by atomic mass is 10.0. The van der Waals surface area contributed by atoms with E-state index in [0.717, 1.165) is 44.6 Å². The van der Waals surface area contributed by atoms with E-state index in [0.29, 0.717) is 6.42 Å². The smallest absolute Gasteiger partial charge is 0.349 e. The Morgan fingerprint density at radius 3 is 2.57 bits per heavy atom. The zero-order valence-corrected chi connectivity index (χ0v) is 12.7. The predicted molar refractivity (Wildman–Crippen MR) is 78.5 cm³/mol. The molecule has 7 heteroatoms. The van der Waals surface area contributed by atoms with Crippen molar-refractivity contribution in [1.29, 1.82) is 0 Å². The van der Waals surface area contributed by atoms with E-state index in [-0.39, 0.29) is 18.2 Å². The van der Waals surface area contributed by atoms with Crippen molar-refractivity contribution >= 4 is 5.91 Å². The SMILES string of the molecule is [O]CCCN1CCC(NC(=O)c2cccc(C(F)(F)F)c2)CC1. The van der Waals surface area contributed by atoms with Crippen LogP contribution in [0.1, 0.15) is 35.2 Å². The second-order valence-electron chi connectivity index (χ2n) is 5.73. The molecule has 4 nitrogen and oxygen atoms in total. The maximum atomic E-state index is 12.7. The molecular formula is C16H20F3N2O2. The lowest BCUT2D eigenvalue weighted by molar-refractivity contribution is -0.137. The summed E-state index contributed by atoms with van der Waals surface area (Å²) in [6.07, 6.45) is -2.36. The number of amides is 1. The highest BCUT2D eigenvalue weighted by atomic mass is 19.4. The van der Waals surface area contributed by atoms with Crippen molar-refractivity contribution < 1.29 is 23.1 Å². The van der Waals surface area contributed by atoms with Gasteiger partial charge < -0.3 is 10.2 Å². The van der Waals surface area contributed by atoms with Crippen molar-refractivity contribution in [3.63, 3.8) is 0 Å². The van der Waals surface area contributed by atoms with Crippen LogP contribution in [-0.2, 0) is 11.3 Å². The second kappa shape index (κ2) is 7.79. The summed E-state index contributed by atoms with van der Waals surface area (Å²) in [6, 6.07) is 4.40. The van der Waals surface area contributed by atoms with Crippen LogP contribution in [0.2, 0.25) is 0 Å². The molecule has 1 heterocycles. The summed E-state index contributed by atoms with van der Waals surface area (Å²) in [6.45, 7) is 2.24. The number of hydrogen-bond acceptors (Lipinski definition) is 2. The quantitative estimate of drug-likeness (QED) is 0.903. The Morgan fingerprint density at radius 1 is 1.26 bits per heavy atom. The monoisotopic (exact) mass is 329 g/mol. The number of likely N-dealkylation sites (tertiary alicyclic amines) is 1. The summed E-state index contributed by atoms with van der Waals surface area (Å²) >= 11 is 0. The van der Waals surface area contributed by atoms with E-state index < -0.39 is 17.6 Å². The number of nitrogens with one attached hydrogen (secondary N) is 1. The van der Waals surface area contributed by atoms with Gasteiger partial charge in [-0.1, -0.05) is 6.07 Å². The second-order valence-corrected chi connectivity index (χ2v) is 5.73. The summed E-state index contributed by atoms with van der Waals surface area (Å²) < 4.78 is 38.0. The van der Waals surface area contributed by atoms with Crippen molar-refractivity contribution in [3.8, 4) is 0 Å². The molecule has 0 unspecified atom stereocenters. The van der Waals surface area contributed by atoms with E-state index in [4.69, 9.17) is 0 Å². The molecular weight excluding hydrogens is 309 g/mol. The van der Waals surface area contributed by atoms with Gasteiger partial charge in [-0.15, -0.1) is 0 Å². The molecule has 1 saturated heterocycles. The molecule has 0 spiro atoms. The molecule has 1 aromatic carbocycles. The molecule has 0 atom stereocenters. The normalized spacial score (nSPS) is 17.2. The fourth-order valence-corrected chi connectivity index (χ4v) is 2.69. The van der Waals surface area contributed by atoms with E-state index in [1.807, 2.05) is 0 Å². The van der Waals surface area contributed by atoms with Gasteiger partial charge in [0.2, 0.25) is 0 Å². The Labute approximate surface area is 133 Å². The summed E-state index contributed by atoms with van der Waals surface area (Å²) in [5.41, 5.74) is -0.800. The van der Waals surface area contributed by atoms with E-state index in [1.165, 1.54) is 12.1 Å². The lowest BCUT2D eigenvalue weighted by Gasteiger charge is -2.32. The first kappa shape index (κ1) is 17.7. The van der Waals surface area contributed by atoms with Gasteiger partial charge in [-0.05, 0) is 37.5 Å². The molecule has 1 radical (unpaired) electrons. The fraction of sp³-hybridized carbons (Fsp3) is 0.562. The van der Waals surface area contributed by atoms with Crippen LogP contribution >= 0.6 is 0 Å². The zero-order valence-electron chi connectivity index (χ0n) is 12.7. The third kappa shape index (κ3) is 5.21. The maximum Gasteiger partial charge on any atom is 0.416 e. The van der Waals surface area contributed by atoms with E-state index in [2.05, 4.69) is 10.2 Å². The van der Waals surface area contributed by atoms with E-state index >= 15 is 0 Å². The number of hydrogen-bond donors (Lipinski definition) is 1. The van der Waals surface area contributed by atoms with Crippen molar-refractivity contribution in [3.05, 3.63) is 35.4 Å². The summed E-state index contributed by atoms with van der Waals surface area (Å²) in [5.74, 6) is -0.478. The average Bonchev–Trinajstić information content (AvgIpc) is 2.53. The Bertz CT molecular complexity index is 526. The lowest BCUT2D eigenvalue weighted by Crippen LogP contribution is -2.45. The van der Waals surface area contributed by atoms with Crippen molar-refractivity contribution in [2.75, 3.05) is 26.2 Å². The third-order valence-corrected chi connectivity index (χ3v) is 3.99. The number of carbonyl (C=O) groups is 1. The van der Waals surface area contributed by atoms with Crippen molar-refractivity contribution in [2.24, 2.45) is 0 Å². The van der Waals surface area contributed by atoms with Crippen LogP contribution in [0, 0.1) is 0 Å². The van der Waals surface area contributed by atoms with Crippen LogP contribution in [0.5, 0.6) is 0 Å². The average molecular weight is 329 g/mol. The van der Waals surface area contributed by atoms with Crippen LogP contribution in [0.3, 0.4) is 0 Å². The number of carbonyl (C=O) groups excluding carboxylic acids is 1. The minimum Gasteiger partial charge on any atom is -0.349 e.